The van der Waals surface area contributed by atoms with E-state index in [1.165, 1.54) is 4.90 Å². The molecule has 2 aromatic rings. The van der Waals surface area contributed by atoms with E-state index in [0.29, 0.717) is 12.5 Å². The number of nitrogens with zero attached hydrogens (tertiary/aromatic N) is 3. The summed E-state index contributed by atoms with van der Waals surface area (Å²) in [7, 11) is 0. The molecule has 25 heavy (non-hydrogen) atoms. The van der Waals surface area contributed by atoms with Gasteiger partial charge in [-0.3, -0.25) is 4.90 Å². The van der Waals surface area contributed by atoms with Gasteiger partial charge in [-0.1, -0.05) is 36.7 Å². The number of nitrogens with one attached hydrogen (secondary N) is 1. The van der Waals surface area contributed by atoms with E-state index in [9.17, 15) is 9.90 Å². The number of aromatic nitrogens is 2. The summed E-state index contributed by atoms with van der Waals surface area (Å²) in [6.45, 7) is 6.68. The zero-order chi connectivity index (χ0) is 18.2. The third-order valence-electron chi connectivity index (χ3n) is 4.96. The molecule has 1 fully saturated rings. The smallest absolute Gasteiger partial charge is 0.409 e. The summed E-state index contributed by atoms with van der Waals surface area (Å²) in [6.07, 6.45) is 3.42. The van der Waals surface area contributed by atoms with Gasteiger partial charge >= 0.3 is 6.09 Å². The maximum atomic E-state index is 11.9. The minimum Gasteiger partial charge on any atom is -0.465 e. The average Bonchev–Trinajstić information content (AvgIpc) is 2.54. The maximum absolute atomic E-state index is 11.9. The number of halogens is 1. The lowest BCUT2D eigenvalue weighted by atomic mass is 9.74. The second kappa shape index (κ2) is 6.44. The van der Waals surface area contributed by atoms with Crippen LogP contribution in [0.15, 0.2) is 28.9 Å². The first kappa shape index (κ1) is 17.9. The molecule has 1 aliphatic heterocycles. The van der Waals surface area contributed by atoms with Crippen molar-refractivity contribution in [3.8, 4) is 0 Å². The normalized spacial score (nSPS) is 21.4. The Hall–Kier alpha value is -1.89. The lowest BCUT2D eigenvalue weighted by Crippen LogP contribution is -2.65. The van der Waals surface area contributed by atoms with E-state index in [4.69, 9.17) is 0 Å². The van der Waals surface area contributed by atoms with E-state index in [-0.39, 0.29) is 5.41 Å². The second-order valence-electron chi connectivity index (χ2n) is 7.52. The summed E-state index contributed by atoms with van der Waals surface area (Å²) < 4.78 is 0.972. The van der Waals surface area contributed by atoms with E-state index in [2.05, 4.69) is 52.0 Å². The van der Waals surface area contributed by atoms with Gasteiger partial charge < -0.3 is 10.4 Å². The number of likely N-dealkylation sites (tertiary alicyclic amines) is 1. The number of hydrogen-bond donors (Lipinski definition) is 2. The Balaban J connectivity index is 2.03. The number of carboxylic acid groups (broad SMARTS) is 1. The summed E-state index contributed by atoms with van der Waals surface area (Å²) in [4.78, 5) is 22.4. The van der Waals surface area contributed by atoms with Crippen molar-refractivity contribution in [1.29, 1.82) is 0 Å². The number of anilines is 1. The molecule has 1 saturated heterocycles. The van der Waals surface area contributed by atoms with Crippen LogP contribution in [0, 0.1) is 5.41 Å². The Morgan fingerprint density at radius 1 is 1.36 bits per heavy atom. The second-order valence-corrected chi connectivity index (χ2v) is 8.44. The molecule has 2 heterocycles. The molecule has 1 aromatic carbocycles. The van der Waals surface area contributed by atoms with Crippen LogP contribution in [0.2, 0.25) is 0 Å². The fourth-order valence-corrected chi connectivity index (χ4v) is 3.96. The molecule has 6 nitrogen and oxygen atoms in total. The predicted molar refractivity (Wildman–Crippen MR) is 102 cm³/mol. The fraction of sp³-hybridized carbons (Fsp3) is 0.500. The number of amides is 1. The minimum absolute atomic E-state index is 0.316. The Bertz CT molecular complexity index is 805. The van der Waals surface area contributed by atoms with Crippen molar-refractivity contribution in [1.82, 2.24) is 14.9 Å². The van der Waals surface area contributed by atoms with Crippen molar-refractivity contribution in [2.45, 2.75) is 45.7 Å². The SMILES string of the molecule is CC(C)(C)C1(Nc2ncc3cc(Br)ccc3n2)CCCCN1C(=O)O. The molecule has 3 rings (SSSR count). The first-order chi connectivity index (χ1) is 11.7. The van der Waals surface area contributed by atoms with Crippen molar-refractivity contribution in [2.24, 2.45) is 5.41 Å². The number of hydrogen-bond acceptors (Lipinski definition) is 4. The predicted octanol–water partition coefficient (Wildman–Crippen LogP) is 4.71. The van der Waals surface area contributed by atoms with Gasteiger partial charge in [-0.05, 0) is 37.5 Å². The minimum atomic E-state index is -0.910. The van der Waals surface area contributed by atoms with Crippen molar-refractivity contribution in [3.63, 3.8) is 0 Å². The molecule has 1 amide bonds. The Morgan fingerprint density at radius 2 is 2.12 bits per heavy atom. The zero-order valence-corrected chi connectivity index (χ0v) is 16.3. The number of fused-ring (bicyclic) bond motifs is 1. The van der Waals surface area contributed by atoms with Crippen LogP contribution in [0.5, 0.6) is 0 Å². The summed E-state index contributed by atoms with van der Waals surface area (Å²) >= 11 is 3.45. The van der Waals surface area contributed by atoms with Gasteiger partial charge in [-0.2, -0.15) is 0 Å². The van der Waals surface area contributed by atoms with Gasteiger partial charge in [0.15, 0.2) is 0 Å². The summed E-state index contributed by atoms with van der Waals surface area (Å²) in [5, 5.41) is 14.1. The number of benzene rings is 1. The number of piperidine rings is 1. The molecule has 0 bridgehead atoms. The molecular weight excluding hydrogens is 384 g/mol. The molecule has 1 aliphatic rings. The maximum Gasteiger partial charge on any atom is 0.409 e. The quantitative estimate of drug-likeness (QED) is 0.754. The van der Waals surface area contributed by atoms with E-state index < -0.39 is 11.8 Å². The molecule has 1 atom stereocenters. The first-order valence-electron chi connectivity index (χ1n) is 8.44. The average molecular weight is 407 g/mol. The Kier molecular flexibility index (Phi) is 4.62. The molecule has 1 aromatic heterocycles. The van der Waals surface area contributed by atoms with Crippen molar-refractivity contribution >= 4 is 38.9 Å². The third-order valence-corrected chi connectivity index (χ3v) is 5.46. The van der Waals surface area contributed by atoms with Crippen LogP contribution in [-0.4, -0.2) is 38.3 Å². The Morgan fingerprint density at radius 3 is 2.80 bits per heavy atom. The van der Waals surface area contributed by atoms with Gasteiger partial charge in [-0.15, -0.1) is 0 Å². The van der Waals surface area contributed by atoms with Gasteiger partial charge in [0, 0.05) is 28.0 Å². The van der Waals surface area contributed by atoms with Gasteiger partial charge in [0.2, 0.25) is 5.95 Å². The summed E-state index contributed by atoms with van der Waals surface area (Å²) in [6, 6.07) is 5.82. The molecule has 1 unspecified atom stereocenters. The van der Waals surface area contributed by atoms with Gasteiger partial charge in [0.05, 0.1) is 5.52 Å². The van der Waals surface area contributed by atoms with E-state index >= 15 is 0 Å². The summed E-state index contributed by atoms with van der Waals surface area (Å²) in [5.41, 5.74) is -0.230. The third kappa shape index (κ3) is 3.29. The molecule has 2 N–H and O–H groups in total. The first-order valence-corrected chi connectivity index (χ1v) is 9.23. The molecule has 0 saturated carbocycles. The Labute approximate surface area is 155 Å². The molecule has 0 radical (unpaired) electrons. The van der Waals surface area contributed by atoms with Gasteiger partial charge in [-0.25, -0.2) is 14.8 Å². The van der Waals surface area contributed by atoms with Crippen LogP contribution < -0.4 is 5.32 Å². The number of carbonyl (C=O) groups is 1. The van der Waals surface area contributed by atoms with E-state index in [1.54, 1.807) is 6.20 Å². The number of rotatable bonds is 2. The van der Waals surface area contributed by atoms with Crippen LogP contribution in [0.3, 0.4) is 0 Å². The van der Waals surface area contributed by atoms with Crippen molar-refractivity contribution < 1.29 is 9.90 Å². The van der Waals surface area contributed by atoms with Crippen molar-refractivity contribution in [2.75, 3.05) is 11.9 Å². The molecule has 7 heteroatoms. The highest BCUT2D eigenvalue weighted by atomic mass is 79.9. The van der Waals surface area contributed by atoms with Crippen LogP contribution in [0.4, 0.5) is 10.7 Å². The fourth-order valence-electron chi connectivity index (χ4n) is 3.58. The highest BCUT2D eigenvalue weighted by Crippen LogP contribution is 2.42. The lowest BCUT2D eigenvalue weighted by Gasteiger charge is -2.53. The molecule has 0 spiro atoms. The van der Waals surface area contributed by atoms with E-state index in [1.807, 2.05) is 18.2 Å². The summed E-state index contributed by atoms with van der Waals surface area (Å²) in [5.74, 6) is 0.456. The van der Waals surface area contributed by atoms with Crippen LogP contribution in [0.25, 0.3) is 10.9 Å². The van der Waals surface area contributed by atoms with E-state index in [0.717, 1.165) is 34.6 Å². The van der Waals surface area contributed by atoms with Gasteiger partial charge in [0.1, 0.15) is 5.66 Å². The topological polar surface area (TPSA) is 78.4 Å². The zero-order valence-electron chi connectivity index (χ0n) is 14.7. The molecular formula is C18H23BrN4O2. The van der Waals surface area contributed by atoms with Crippen LogP contribution >= 0.6 is 15.9 Å². The molecule has 134 valence electrons. The van der Waals surface area contributed by atoms with Crippen LogP contribution in [-0.2, 0) is 0 Å². The highest BCUT2D eigenvalue weighted by molar-refractivity contribution is 9.10. The highest BCUT2D eigenvalue weighted by Gasteiger charge is 2.50. The lowest BCUT2D eigenvalue weighted by molar-refractivity contribution is -0.00520. The van der Waals surface area contributed by atoms with Crippen LogP contribution in [0.1, 0.15) is 40.0 Å². The monoisotopic (exact) mass is 406 g/mol. The standard InChI is InChI=1S/C18H23BrN4O2/c1-17(2,3)18(8-4-5-9-23(18)16(24)25)22-15-20-11-12-10-13(19)6-7-14(12)21-15/h6-7,10-11H,4-5,8-9H2,1-3H3,(H,24,25)(H,20,21,22). The van der Waals surface area contributed by atoms with Gasteiger partial charge in [0.25, 0.3) is 0 Å². The van der Waals surface area contributed by atoms with Crippen molar-refractivity contribution in [3.05, 3.63) is 28.9 Å². The molecule has 0 aliphatic carbocycles. The largest absolute Gasteiger partial charge is 0.465 e.